The van der Waals surface area contributed by atoms with E-state index >= 15 is 0 Å². The van der Waals surface area contributed by atoms with Crippen LogP contribution < -0.4 is 9.47 Å². The van der Waals surface area contributed by atoms with Gasteiger partial charge < -0.3 is 24.2 Å². The number of amides is 1. The number of benzene rings is 2. The number of methoxy groups -OCH3 is 3. The van der Waals surface area contributed by atoms with Crippen LogP contribution in [0.4, 0.5) is 0 Å². The highest BCUT2D eigenvalue weighted by atomic mass is 35.5. The molecule has 1 aliphatic heterocycles. The molecule has 1 fully saturated rings. The second kappa shape index (κ2) is 9.60. The Balaban J connectivity index is 2.27. The van der Waals surface area contributed by atoms with E-state index in [1.807, 2.05) is 0 Å². The molecular formula is C22H21Cl2NO6. The van der Waals surface area contributed by atoms with Crippen molar-refractivity contribution in [2.45, 2.75) is 6.04 Å². The van der Waals surface area contributed by atoms with Gasteiger partial charge in [-0.2, -0.15) is 0 Å². The van der Waals surface area contributed by atoms with E-state index in [9.17, 15) is 14.7 Å². The number of halogens is 2. The Labute approximate surface area is 189 Å². The molecule has 0 aromatic heterocycles. The van der Waals surface area contributed by atoms with Crippen LogP contribution in [0, 0.1) is 0 Å². The van der Waals surface area contributed by atoms with E-state index < -0.39 is 23.5 Å². The monoisotopic (exact) mass is 465 g/mol. The van der Waals surface area contributed by atoms with Crippen molar-refractivity contribution >= 4 is 40.7 Å². The van der Waals surface area contributed by atoms with Crippen LogP contribution >= 0.6 is 23.2 Å². The van der Waals surface area contributed by atoms with Crippen LogP contribution in [-0.4, -0.2) is 56.2 Å². The van der Waals surface area contributed by atoms with E-state index in [4.69, 9.17) is 37.4 Å². The fourth-order valence-electron chi connectivity index (χ4n) is 3.55. The normalized spacial score (nSPS) is 17.8. The van der Waals surface area contributed by atoms with Gasteiger partial charge in [0.05, 0.1) is 43.0 Å². The summed E-state index contributed by atoms with van der Waals surface area (Å²) >= 11 is 12.3. The standard InChI is InChI=1S/C22H21Cl2NO6/c1-29-8-7-25-18(12-5-4-6-14(9-12)30-2)17(20(27)22(25)28)19(26)15-10-13(23)11-16(24)21(15)31-3/h4-6,9-11,18,26H,7-8H2,1-3H3/b19-17+. The van der Waals surface area contributed by atoms with Crippen molar-refractivity contribution in [3.8, 4) is 11.5 Å². The molecule has 1 unspecified atom stereocenters. The Morgan fingerprint density at radius 1 is 1.10 bits per heavy atom. The highest BCUT2D eigenvalue weighted by molar-refractivity contribution is 6.46. The summed E-state index contributed by atoms with van der Waals surface area (Å²) in [5, 5.41) is 11.6. The number of Topliss-reactive ketones (excluding diaryl/α,β-unsaturated/α-hetero) is 1. The van der Waals surface area contributed by atoms with Crippen LogP contribution in [0.3, 0.4) is 0 Å². The molecule has 164 valence electrons. The smallest absolute Gasteiger partial charge is 0.295 e. The summed E-state index contributed by atoms with van der Waals surface area (Å²) in [5.74, 6) is -1.35. The quantitative estimate of drug-likeness (QED) is 0.376. The topological polar surface area (TPSA) is 85.3 Å². The fraction of sp³-hybridized carbons (Fsp3) is 0.273. The molecule has 1 atom stereocenters. The maximum atomic E-state index is 13.0. The van der Waals surface area contributed by atoms with Crippen molar-refractivity contribution in [1.82, 2.24) is 4.90 Å². The van der Waals surface area contributed by atoms with Crippen LogP contribution in [0.15, 0.2) is 42.0 Å². The van der Waals surface area contributed by atoms with Gasteiger partial charge in [0.25, 0.3) is 11.7 Å². The summed E-state index contributed by atoms with van der Waals surface area (Å²) in [5.41, 5.74) is 0.590. The molecule has 2 aromatic carbocycles. The van der Waals surface area contributed by atoms with Crippen molar-refractivity contribution in [2.24, 2.45) is 0 Å². The average Bonchev–Trinajstić information content (AvgIpc) is 3.01. The fourth-order valence-corrected chi connectivity index (χ4v) is 4.12. The van der Waals surface area contributed by atoms with E-state index in [-0.39, 0.29) is 40.1 Å². The molecule has 0 aliphatic carbocycles. The van der Waals surface area contributed by atoms with Gasteiger partial charge in [-0.3, -0.25) is 9.59 Å². The highest BCUT2D eigenvalue weighted by Crippen LogP contribution is 2.43. The third kappa shape index (κ3) is 4.35. The zero-order valence-electron chi connectivity index (χ0n) is 17.1. The lowest BCUT2D eigenvalue weighted by Crippen LogP contribution is -2.32. The summed E-state index contributed by atoms with van der Waals surface area (Å²) in [6, 6.07) is 8.93. The van der Waals surface area contributed by atoms with Gasteiger partial charge in [0, 0.05) is 18.7 Å². The molecular weight excluding hydrogens is 445 g/mol. The Kier molecular flexibility index (Phi) is 7.10. The molecule has 31 heavy (non-hydrogen) atoms. The number of hydrogen-bond acceptors (Lipinski definition) is 6. The molecule has 0 radical (unpaired) electrons. The second-order valence-corrected chi connectivity index (χ2v) is 7.57. The Morgan fingerprint density at radius 3 is 2.48 bits per heavy atom. The number of hydrogen-bond donors (Lipinski definition) is 1. The number of carbonyl (C=O) groups excluding carboxylic acids is 2. The van der Waals surface area contributed by atoms with E-state index in [0.717, 1.165) is 0 Å². The minimum atomic E-state index is -0.868. The first-order valence-electron chi connectivity index (χ1n) is 9.28. The number of ketones is 1. The maximum Gasteiger partial charge on any atom is 0.295 e. The van der Waals surface area contributed by atoms with Crippen LogP contribution in [0.5, 0.6) is 11.5 Å². The third-order valence-electron chi connectivity index (χ3n) is 4.95. The molecule has 0 spiro atoms. The number of ether oxygens (including phenoxy) is 3. The van der Waals surface area contributed by atoms with Gasteiger partial charge in [-0.15, -0.1) is 0 Å². The Bertz CT molecular complexity index is 1050. The molecule has 2 aromatic rings. The van der Waals surface area contributed by atoms with Crippen molar-refractivity contribution in [3.05, 3.63) is 63.1 Å². The summed E-state index contributed by atoms with van der Waals surface area (Å²) < 4.78 is 15.7. The van der Waals surface area contributed by atoms with E-state index in [2.05, 4.69) is 0 Å². The molecule has 9 heteroatoms. The number of aliphatic hydroxyl groups is 1. The van der Waals surface area contributed by atoms with Crippen LogP contribution in [-0.2, 0) is 14.3 Å². The summed E-state index contributed by atoms with van der Waals surface area (Å²) in [6.07, 6.45) is 0. The van der Waals surface area contributed by atoms with E-state index in [1.54, 1.807) is 24.3 Å². The van der Waals surface area contributed by atoms with Gasteiger partial charge in [0.1, 0.15) is 17.3 Å². The number of carbonyl (C=O) groups is 2. The first-order chi connectivity index (χ1) is 14.8. The lowest BCUT2D eigenvalue weighted by atomic mass is 9.95. The lowest BCUT2D eigenvalue weighted by molar-refractivity contribution is -0.140. The van der Waals surface area contributed by atoms with Gasteiger partial charge in [0.2, 0.25) is 0 Å². The molecule has 1 heterocycles. The molecule has 1 N–H and O–H groups in total. The zero-order valence-corrected chi connectivity index (χ0v) is 18.7. The first-order valence-corrected chi connectivity index (χ1v) is 10.0. The zero-order chi connectivity index (χ0) is 22.7. The summed E-state index contributed by atoms with van der Waals surface area (Å²) in [6.45, 7) is 0.354. The molecule has 7 nitrogen and oxygen atoms in total. The molecule has 0 bridgehead atoms. The van der Waals surface area contributed by atoms with Gasteiger partial charge in [-0.1, -0.05) is 35.3 Å². The van der Waals surface area contributed by atoms with Crippen LogP contribution in [0.1, 0.15) is 17.2 Å². The minimum absolute atomic E-state index is 0.106. The second-order valence-electron chi connectivity index (χ2n) is 6.73. The lowest BCUT2D eigenvalue weighted by Gasteiger charge is -2.25. The summed E-state index contributed by atoms with van der Waals surface area (Å²) in [7, 11) is 4.39. The number of aliphatic hydroxyl groups excluding tert-OH is 1. The van der Waals surface area contributed by atoms with Crippen molar-refractivity contribution < 1.29 is 28.9 Å². The predicted octanol–water partition coefficient (Wildman–Crippen LogP) is 4.08. The molecule has 0 saturated carbocycles. The van der Waals surface area contributed by atoms with Gasteiger partial charge in [-0.05, 0) is 29.8 Å². The van der Waals surface area contributed by atoms with Crippen molar-refractivity contribution in [1.29, 1.82) is 0 Å². The van der Waals surface area contributed by atoms with E-state index in [0.29, 0.717) is 11.3 Å². The Morgan fingerprint density at radius 2 is 1.84 bits per heavy atom. The predicted molar refractivity (Wildman–Crippen MR) is 117 cm³/mol. The SMILES string of the molecule is COCCN1C(=O)C(=O)/C(=C(/O)c2cc(Cl)cc(Cl)c2OC)C1c1cccc(OC)c1. The molecule has 1 aliphatic rings. The molecule has 1 amide bonds. The largest absolute Gasteiger partial charge is 0.507 e. The molecule has 1 saturated heterocycles. The minimum Gasteiger partial charge on any atom is -0.507 e. The van der Waals surface area contributed by atoms with E-state index in [1.165, 1.54) is 38.4 Å². The highest BCUT2D eigenvalue weighted by Gasteiger charge is 2.46. The maximum absolute atomic E-state index is 13.0. The van der Waals surface area contributed by atoms with Gasteiger partial charge >= 0.3 is 0 Å². The summed E-state index contributed by atoms with van der Waals surface area (Å²) in [4.78, 5) is 27.2. The van der Waals surface area contributed by atoms with Crippen LogP contribution in [0.25, 0.3) is 5.76 Å². The third-order valence-corrected chi connectivity index (χ3v) is 5.45. The van der Waals surface area contributed by atoms with Crippen LogP contribution in [0.2, 0.25) is 10.0 Å². The number of nitrogens with zero attached hydrogens (tertiary/aromatic N) is 1. The van der Waals surface area contributed by atoms with Crippen molar-refractivity contribution in [3.63, 3.8) is 0 Å². The number of rotatable bonds is 7. The van der Waals surface area contributed by atoms with Gasteiger partial charge in [0.15, 0.2) is 0 Å². The number of likely N-dealkylation sites (tertiary alicyclic amines) is 1. The Hall–Kier alpha value is -2.74. The average molecular weight is 466 g/mol. The first kappa shape index (κ1) is 22.9. The molecule has 3 rings (SSSR count). The van der Waals surface area contributed by atoms with Gasteiger partial charge in [-0.25, -0.2) is 0 Å². The van der Waals surface area contributed by atoms with Crippen molar-refractivity contribution in [2.75, 3.05) is 34.5 Å².